The molecule has 0 fully saturated rings. The second kappa shape index (κ2) is 5.59. The highest BCUT2D eigenvalue weighted by atomic mass is 16.4. The summed E-state index contributed by atoms with van der Waals surface area (Å²) < 4.78 is 1.42. The lowest BCUT2D eigenvalue weighted by Gasteiger charge is -2.06. The number of carboxylic acids is 1. The topological polar surface area (TPSA) is 117 Å². The SMILES string of the molecule is N#Cc1ccncc1NCCn1cc(C(=O)O)nn1. The summed E-state index contributed by atoms with van der Waals surface area (Å²) in [7, 11) is 0. The van der Waals surface area contributed by atoms with E-state index in [2.05, 4.69) is 20.6 Å². The smallest absolute Gasteiger partial charge is 0.358 e. The number of carboxylic acid groups (broad SMARTS) is 1. The van der Waals surface area contributed by atoms with Crippen LogP contribution in [0.1, 0.15) is 16.1 Å². The van der Waals surface area contributed by atoms with Crippen molar-refractivity contribution in [2.24, 2.45) is 0 Å². The number of anilines is 1. The van der Waals surface area contributed by atoms with E-state index in [0.29, 0.717) is 24.3 Å². The van der Waals surface area contributed by atoms with Gasteiger partial charge in [0.1, 0.15) is 6.07 Å². The first-order valence-electron chi connectivity index (χ1n) is 5.42. The number of nitrogens with zero attached hydrogens (tertiary/aromatic N) is 5. The highest BCUT2D eigenvalue weighted by Gasteiger charge is 2.07. The highest BCUT2D eigenvalue weighted by Crippen LogP contribution is 2.10. The van der Waals surface area contributed by atoms with Crippen LogP contribution < -0.4 is 5.32 Å². The fourth-order valence-corrected chi connectivity index (χ4v) is 1.44. The third-order valence-corrected chi connectivity index (χ3v) is 2.36. The molecule has 2 heterocycles. The van der Waals surface area contributed by atoms with Gasteiger partial charge in [0, 0.05) is 12.7 Å². The van der Waals surface area contributed by atoms with E-state index >= 15 is 0 Å². The van der Waals surface area contributed by atoms with Gasteiger partial charge in [-0.15, -0.1) is 5.10 Å². The van der Waals surface area contributed by atoms with E-state index in [1.807, 2.05) is 6.07 Å². The Balaban J connectivity index is 1.93. The predicted molar refractivity (Wildman–Crippen MR) is 64.4 cm³/mol. The summed E-state index contributed by atoms with van der Waals surface area (Å²) in [5.74, 6) is -1.11. The highest BCUT2D eigenvalue weighted by molar-refractivity contribution is 5.84. The van der Waals surface area contributed by atoms with E-state index in [-0.39, 0.29) is 5.69 Å². The molecule has 0 aliphatic carbocycles. The number of rotatable bonds is 5. The maximum Gasteiger partial charge on any atom is 0.358 e. The minimum Gasteiger partial charge on any atom is -0.476 e. The van der Waals surface area contributed by atoms with Gasteiger partial charge >= 0.3 is 5.97 Å². The summed E-state index contributed by atoms with van der Waals surface area (Å²) >= 11 is 0. The van der Waals surface area contributed by atoms with Crippen LogP contribution in [0.15, 0.2) is 24.7 Å². The van der Waals surface area contributed by atoms with Crippen molar-refractivity contribution in [3.05, 3.63) is 35.9 Å². The van der Waals surface area contributed by atoms with Crippen LogP contribution in [0.4, 0.5) is 5.69 Å². The van der Waals surface area contributed by atoms with Crippen LogP contribution in [0.2, 0.25) is 0 Å². The van der Waals surface area contributed by atoms with Crippen molar-refractivity contribution < 1.29 is 9.90 Å². The number of pyridine rings is 1. The molecule has 0 aliphatic heterocycles. The number of hydrogen-bond donors (Lipinski definition) is 2. The van der Waals surface area contributed by atoms with Crippen molar-refractivity contribution in [1.29, 1.82) is 5.26 Å². The van der Waals surface area contributed by atoms with Crippen molar-refractivity contribution in [1.82, 2.24) is 20.0 Å². The molecular formula is C11H10N6O2. The van der Waals surface area contributed by atoms with Gasteiger partial charge in [0.2, 0.25) is 0 Å². The standard InChI is InChI=1S/C11H10N6O2/c12-5-8-1-2-13-6-9(8)14-3-4-17-7-10(11(18)19)15-16-17/h1-2,6-7,14H,3-4H2,(H,18,19). The van der Waals surface area contributed by atoms with E-state index in [0.717, 1.165) is 0 Å². The maximum absolute atomic E-state index is 10.6. The van der Waals surface area contributed by atoms with Gasteiger partial charge in [-0.25, -0.2) is 9.48 Å². The number of aromatic carboxylic acids is 1. The van der Waals surface area contributed by atoms with Crippen molar-refractivity contribution >= 4 is 11.7 Å². The molecule has 0 saturated carbocycles. The molecule has 0 atom stereocenters. The van der Waals surface area contributed by atoms with Crippen molar-refractivity contribution in [3.63, 3.8) is 0 Å². The lowest BCUT2D eigenvalue weighted by molar-refractivity contribution is 0.0690. The number of hydrogen-bond acceptors (Lipinski definition) is 6. The molecule has 0 aromatic carbocycles. The first kappa shape index (κ1) is 12.5. The van der Waals surface area contributed by atoms with Crippen molar-refractivity contribution in [2.75, 3.05) is 11.9 Å². The zero-order chi connectivity index (χ0) is 13.7. The van der Waals surface area contributed by atoms with Crippen molar-refractivity contribution in [3.8, 4) is 6.07 Å². The molecule has 0 saturated heterocycles. The van der Waals surface area contributed by atoms with Crippen LogP contribution in [-0.2, 0) is 6.54 Å². The lowest BCUT2D eigenvalue weighted by Crippen LogP contribution is -2.12. The van der Waals surface area contributed by atoms with Crippen LogP contribution in [0, 0.1) is 11.3 Å². The van der Waals surface area contributed by atoms with Gasteiger partial charge in [-0.05, 0) is 6.07 Å². The molecule has 0 aliphatic rings. The third kappa shape index (κ3) is 3.04. The van der Waals surface area contributed by atoms with Crippen LogP contribution in [0.5, 0.6) is 0 Å². The van der Waals surface area contributed by atoms with Crippen LogP contribution >= 0.6 is 0 Å². The van der Waals surface area contributed by atoms with Gasteiger partial charge in [-0.2, -0.15) is 5.26 Å². The van der Waals surface area contributed by atoms with Crippen molar-refractivity contribution in [2.45, 2.75) is 6.54 Å². The molecule has 0 unspecified atom stereocenters. The average Bonchev–Trinajstić information content (AvgIpc) is 2.88. The van der Waals surface area contributed by atoms with E-state index in [1.54, 1.807) is 18.5 Å². The number of nitrogens with one attached hydrogen (secondary N) is 1. The average molecular weight is 258 g/mol. The number of nitriles is 1. The Kier molecular flexibility index (Phi) is 3.68. The molecule has 0 spiro atoms. The molecule has 2 rings (SSSR count). The van der Waals surface area contributed by atoms with Crippen LogP contribution in [0.25, 0.3) is 0 Å². The normalized spacial score (nSPS) is 9.84. The molecule has 96 valence electrons. The zero-order valence-electron chi connectivity index (χ0n) is 9.82. The first-order valence-corrected chi connectivity index (χ1v) is 5.42. The minimum atomic E-state index is -1.11. The summed E-state index contributed by atoms with van der Waals surface area (Å²) in [6.07, 6.45) is 4.45. The van der Waals surface area contributed by atoms with E-state index in [9.17, 15) is 4.79 Å². The Bertz CT molecular complexity index is 630. The maximum atomic E-state index is 10.6. The Hall–Kier alpha value is -2.95. The molecule has 8 nitrogen and oxygen atoms in total. The number of carbonyl (C=O) groups is 1. The molecule has 2 N–H and O–H groups in total. The number of aromatic nitrogens is 4. The van der Waals surface area contributed by atoms with E-state index < -0.39 is 5.97 Å². The zero-order valence-corrected chi connectivity index (χ0v) is 9.82. The summed E-state index contributed by atoms with van der Waals surface area (Å²) in [6.45, 7) is 0.906. The summed E-state index contributed by atoms with van der Waals surface area (Å²) in [5.41, 5.74) is 1.03. The van der Waals surface area contributed by atoms with Gasteiger partial charge in [-0.1, -0.05) is 5.21 Å². The second-order valence-electron chi connectivity index (χ2n) is 3.63. The van der Waals surface area contributed by atoms with Crippen LogP contribution in [-0.4, -0.2) is 37.6 Å². The molecular weight excluding hydrogens is 248 g/mol. The Labute approximate surface area is 108 Å². The minimum absolute atomic E-state index is 0.0981. The monoisotopic (exact) mass is 258 g/mol. The second-order valence-corrected chi connectivity index (χ2v) is 3.63. The third-order valence-electron chi connectivity index (χ3n) is 2.36. The van der Waals surface area contributed by atoms with Gasteiger partial charge in [0.25, 0.3) is 0 Å². The first-order chi connectivity index (χ1) is 9.20. The van der Waals surface area contributed by atoms with Gasteiger partial charge in [0.05, 0.1) is 30.2 Å². The van der Waals surface area contributed by atoms with E-state index in [4.69, 9.17) is 10.4 Å². The molecule has 2 aromatic heterocycles. The Morgan fingerprint density at radius 1 is 1.58 bits per heavy atom. The summed E-state index contributed by atoms with van der Waals surface area (Å²) in [4.78, 5) is 14.5. The van der Waals surface area contributed by atoms with Gasteiger partial charge in [-0.3, -0.25) is 4.98 Å². The molecule has 8 heteroatoms. The van der Waals surface area contributed by atoms with Gasteiger partial charge < -0.3 is 10.4 Å². The van der Waals surface area contributed by atoms with E-state index in [1.165, 1.54) is 10.9 Å². The summed E-state index contributed by atoms with van der Waals surface area (Å²) in [6, 6.07) is 3.66. The molecule has 0 bridgehead atoms. The fourth-order valence-electron chi connectivity index (χ4n) is 1.44. The predicted octanol–water partition coefficient (Wildman–Crippen LogP) is 0.355. The molecule has 0 radical (unpaired) electrons. The fraction of sp³-hybridized carbons (Fsp3) is 0.182. The largest absolute Gasteiger partial charge is 0.476 e. The van der Waals surface area contributed by atoms with Gasteiger partial charge in [0.15, 0.2) is 5.69 Å². The lowest BCUT2D eigenvalue weighted by atomic mass is 10.2. The molecule has 0 amide bonds. The molecule has 19 heavy (non-hydrogen) atoms. The Morgan fingerprint density at radius 2 is 2.42 bits per heavy atom. The quantitative estimate of drug-likeness (QED) is 0.794. The molecule has 2 aromatic rings. The van der Waals surface area contributed by atoms with Crippen LogP contribution in [0.3, 0.4) is 0 Å². The summed E-state index contributed by atoms with van der Waals surface area (Å²) in [5, 5.41) is 27.8. The Morgan fingerprint density at radius 3 is 3.11 bits per heavy atom.